The van der Waals surface area contributed by atoms with Gasteiger partial charge in [-0.15, -0.1) is 0 Å². The summed E-state index contributed by atoms with van der Waals surface area (Å²) < 4.78 is 0. The quantitative estimate of drug-likeness (QED) is 0.498. The number of nitro benzene ring substituents is 1. The number of amides is 1. The molecule has 8 nitrogen and oxygen atoms in total. The molecule has 0 unspecified atom stereocenters. The van der Waals surface area contributed by atoms with Crippen molar-refractivity contribution in [3.05, 3.63) is 34.4 Å². The van der Waals surface area contributed by atoms with Crippen LogP contribution in [-0.2, 0) is 9.59 Å². The number of nitro groups is 1. The van der Waals surface area contributed by atoms with E-state index in [1.807, 2.05) is 4.90 Å². The van der Waals surface area contributed by atoms with Crippen molar-refractivity contribution >= 4 is 23.3 Å². The van der Waals surface area contributed by atoms with Gasteiger partial charge in [-0.05, 0) is 6.07 Å². The molecule has 1 heterocycles. The first-order valence-corrected chi connectivity index (χ1v) is 6.47. The Kier molecular flexibility index (Phi) is 4.36. The summed E-state index contributed by atoms with van der Waals surface area (Å²) in [7, 11) is 0. The van der Waals surface area contributed by atoms with Gasteiger partial charge in [0.05, 0.1) is 4.92 Å². The molecule has 0 atom stereocenters. The minimum atomic E-state index is -1.15. The van der Waals surface area contributed by atoms with Gasteiger partial charge in [-0.3, -0.25) is 19.7 Å². The number of benzene rings is 1. The molecule has 0 bridgehead atoms. The third-order valence-corrected chi connectivity index (χ3v) is 3.35. The zero-order chi connectivity index (χ0) is 15.4. The van der Waals surface area contributed by atoms with Gasteiger partial charge < -0.3 is 14.9 Å². The number of anilines is 1. The summed E-state index contributed by atoms with van der Waals surface area (Å²) >= 11 is 0. The summed E-state index contributed by atoms with van der Waals surface area (Å²) in [4.78, 5) is 36.1. The van der Waals surface area contributed by atoms with Gasteiger partial charge in [-0.1, -0.05) is 12.1 Å². The molecule has 1 saturated heterocycles. The average molecular weight is 293 g/mol. The number of carbonyl (C=O) groups is 2. The van der Waals surface area contributed by atoms with Crippen LogP contribution in [-0.4, -0.2) is 53.0 Å². The van der Waals surface area contributed by atoms with Crippen molar-refractivity contribution in [2.45, 2.75) is 6.42 Å². The Hall–Kier alpha value is -2.64. The van der Waals surface area contributed by atoms with Gasteiger partial charge in [0, 0.05) is 32.2 Å². The monoisotopic (exact) mass is 293 g/mol. The van der Waals surface area contributed by atoms with Crippen LogP contribution >= 0.6 is 0 Å². The molecular formula is C13H15N3O5. The van der Waals surface area contributed by atoms with Crippen LogP contribution in [0.5, 0.6) is 0 Å². The van der Waals surface area contributed by atoms with Crippen molar-refractivity contribution in [1.82, 2.24) is 4.90 Å². The molecule has 1 fully saturated rings. The first-order chi connectivity index (χ1) is 9.99. The third-order valence-electron chi connectivity index (χ3n) is 3.35. The number of carbonyl (C=O) groups excluding carboxylic acids is 1. The molecule has 1 aliphatic heterocycles. The predicted molar refractivity (Wildman–Crippen MR) is 74.1 cm³/mol. The smallest absolute Gasteiger partial charge is 0.312 e. The van der Waals surface area contributed by atoms with Crippen molar-refractivity contribution in [3.63, 3.8) is 0 Å². The molecule has 1 aromatic carbocycles. The second-order valence-electron chi connectivity index (χ2n) is 4.68. The van der Waals surface area contributed by atoms with Crippen LogP contribution in [0.1, 0.15) is 6.42 Å². The van der Waals surface area contributed by atoms with Gasteiger partial charge in [0.15, 0.2) is 0 Å². The maximum Gasteiger partial charge on any atom is 0.312 e. The number of carboxylic acids is 1. The fraction of sp³-hybridized carbons (Fsp3) is 0.385. The number of nitrogens with zero attached hydrogens (tertiary/aromatic N) is 3. The van der Waals surface area contributed by atoms with E-state index in [0.717, 1.165) is 0 Å². The SMILES string of the molecule is O=C(O)CC(=O)N1CCN(c2ccccc2[N+](=O)[O-])CC1. The number of carboxylic acid groups (broad SMARTS) is 1. The molecule has 1 aliphatic rings. The molecule has 0 aromatic heterocycles. The predicted octanol–water partition coefficient (Wildman–Crippen LogP) is 0.718. The lowest BCUT2D eigenvalue weighted by molar-refractivity contribution is -0.384. The van der Waals surface area contributed by atoms with Gasteiger partial charge in [-0.25, -0.2) is 0 Å². The number of rotatable bonds is 4. The Morgan fingerprint density at radius 1 is 1.19 bits per heavy atom. The van der Waals surface area contributed by atoms with Crippen molar-refractivity contribution in [2.24, 2.45) is 0 Å². The maximum absolute atomic E-state index is 11.6. The molecule has 112 valence electrons. The van der Waals surface area contributed by atoms with E-state index in [1.165, 1.54) is 11.0 Å². The molecule has 8 heteroatoms. The van der Waals surface area contributed by atoms with E-state index in [4.69, 9.17) is 5.11 Å². The minimum absolute atomic E-state index is 0.0304. The second kappa shape index (κ2) is 6.21. The summed E-state index contributed by atoms with van der Waals surface area (Å²) in [5.41, 5.74) is 0.552. The standard InChI is InChI=1S/C13H15N3O5/c17-12(9-13(18)19)15-7-5-14(6-8-15)10-3-1-2-4-11(10)16(20)21/h1-4H,5-9H2,(H,18,19). The van der Waals surface area contributed by atoms with E-state index in [1.54, 1.807) is 18.2 Å². The van der Waals surface area contributed by atoms with Gasteiger partial charge in [0.25, 0.3) is 5.69 Å². The van der Waals surface area contributed by atoms with Crippen LogP contribution in [0.3, 0.4) is 0 Å². The van der Waals surface area contributed by atoms with Crippen LogP contribution in [0.4, 0.5) is 11.4 Å². The van der Waals surface area contributed by atoms with Crippen molar-refractivity contribution in [2.75, 3.05) is 31.1 Å². The molecular weight excluding hydrogens is 278 g/mol. The number of aliphatic carboxylic acids is 1. The van der Waals surface area contributed by atoms with E-state index in [9.17, 15) is 19.7 Å². The first kappa shape index (κ1) is 14.8. The molecule has 0 aliphatic carbocycles. The van der Waals surface area contributed by atoms with E-state index in [-0.39, 0.29) is 5.69 Å². The fourth-order valence-electron chi connectivity index (χ4n) is 2.32. The zero-order valence-electron chi connectivity index (χ0n) is 11.3. The summed E-state index contributed by atoms with van der Waals surface area (Å²) in [6, 6.07) is 6.45. The average Bonchev–Trinajstić information content (AvgIpc) is 2.46. The lowest BCUT2D eigenvalue weighted by Crippen LogP contribution is -2.49. The van der Waals surface area contributed by atoms with Gasteiger partial charge in [0.1, 0.15) is 12.1 Å². The van der Waals surface area contributed by atoms with Crippen LogP contribution in [0.15, 0.2) is 24.3 Å². The number of hydrogen-bond acceptors (Lipinski definition) is 5. The molecule has 2 rings (SSSR count). The van der Waals surface area contributed by atoms with E-state index in [2.05, 4.69) is 0 Å². The van der Waals surface area contributed by atoms with Crippen molar-refractivity contribution < 1.29 is 19.6 Å². The van der Waals surface area contributed by atoms with Crippen LogP contribution < -0.4 is 4.90 Å². The molecule has 1 N–H and O–H groups in total. The topological polar surface area (TPSA) is 104 Å². The van der Waals surface area contributed by atoms with Crippen LogP contribution in [0.25, 0.3) is 0 Å². The molecule has 1 aromatic rings. The molecule has 21 heavy (non-hydrogen) atoms. The highest BCUT2D eigenvalue weighted by Gasteiger charge is 2.26. The van der Waals surface area contributed by atoms with E-state index >= 15 is 0 Å². The fourth-order valence-corrected chi connectivity index (χ4v) is 2.32. The number of hydrogen-bond donors (Lipinski definition) is 1. The molecule has 0 radical (unpaired) electrons. The highest BCUT2D eigenvalue weighted by molar-refractivity contribution is 5.93. The van der Waals surface area contributed by atoms with Gasteiger partial charge in [-0.2, -0.15) is 0 Å². The lowest BCUT2D eigenvalue weighted by atomic mass is 10.2. The summed E-state index contributed by atoms with van der Waals surface area (Å²) in [6.45, 7) is 1.60. The molecule has 0 saturated carbocycles. The highest BCUT2D eigenvalue weighted by Crippen LogP contribution is 2.28. The van der Waals surface area contributed by atoms with Gasteiger partial charge >= 0.3 is 5.97 Å². The van der Waals surface area contributed by atoms with Crippen LogP contribution in [0, 0.1) is 10.1 Å². The Labute approximate surface area is 120 Å². The maximum atomic E-state index is 11.6. The summed E-state index contributed by atoms with van der Waals surface area (Å²) in [5, 5.41) is 19.6. The summed E-state index contributed by atoms with van der Waals surface area (Å²) in [5.74, 6) is -1.58. The summed E-state index contributed by atoms with van der Waals surface area (Å²) in [6.07, 6.45) is -0.522. The number of para-hydroxylation sites is 2. The zero-order valence-corrected chi connectivity index (χ0v) is 11.3. The minimum Gasteiger partial charge on any atom is -0.481 e. The normalized spacial score (nSPS) is 14.9. The Bertz CT molecular complexity index is 567. The first-order valence-electron chi connectivity index (χ1n) is 6.47. The van der Waals surface area contributed by atoms with Crippen molar-refractivity contribution in [1.29, 1.82) is 0 Å². The van der Waals surface area contributed by atoms with Crippen molar-refractivity contribution in [3.8, 4) is 0 Å². The molecule has 1 amide bonds. The number of piperazine rings is 1. The van der Waals surface area contributed by atoms with E-state index in [0.29, 0.717) is 31.9 Å². The largest absolute Gasteiger partial charge is 0.481 e. The Balaban J connectivity index is 2.03. The highest BCUT2D eigenvalue weighted by atomic mass is 16.6. The second-order valence-corrected chi connectivity index (χ2v) is 4.68. The Morgan fingerprint density at radius 3 is 2.38 bits per heavy atom. The lowest BCUT2D eigenvalue weighted by Gasteiger charge is -2.35. The Morgan fingerprint density at radius 2 is 1.81 bits per heavy atom. The third kappa shape index (κ3) is 3.47. The molecule has 0 spiro atoms. The van der Waals surface area contributed by atoms with Crippen LogP contribution in [0.2, 0.25) is 0 Å². The van der Waals surface area contributed by atoms with Gasteiger partial charge in [0.2, 0.25) is 5.91 Å². The van der Waals surface area contributed by atoms with E-state index < -0.39 is 23.2 Å².